The van der Waals surface area contributed by atoms with Crippen LogP contribution in [0.4, 0.5) is 22.0 Å². The Morgan fingerprint density at radius 3 is 1.94 bits per heavy atom. The zero-order valence-electron chi connectivity index (χ0n) is 28.6. The molecule has 4 rings (SSSR count). The van der Waals surface area contributed by atoms with Crippen LogP contribution in [0.1, 0.15) is 82.5 Å². The first-order valence-corrected chi connectivity index (χ1v) is 16.5. The Morgan fingerprint density at radius 2 is 1.38 bits per heavy atom. The zero-order valence-corrected chi connectivity index (χ0v) is 28.6. The van der Waals surface area contributed by atoms with Gasteiger partial charge in [-0.25, -0.2) is 8.78 Å². The molecule has 2 aliphatic rings. The molecule has 0 radical (unpaired) electrons. The lowest BCUT2D eigenvalue weighted by atomic mass is 9.76. The molecule has 4 amide bonds. The van der Waals surface area contributed by atoms with Crippen molar-refractivity contribution in [2.45, 2.75) is 70.9 Å². The van der Waals surface area contributed by atoms with E-state index in [1.54, 1.807) is 6.92 Å². The first-order valence-electron chi connectivity index (χ1n) is 16.5. The maximum Gasteiger partial charge on any atom is 0.491 e. The van der Waals surface area contributed by atoms with Crippen molar-refractivity contribution in [3.63, 3.8) is 0 Å². The van der Waals surface area contributed by atoms with Crippen LogP contribution >= 0.6 is 0 Å². The van der Waals surface area contributed by atoms with E-state index in [1.165, 1.54) is 0 Å². The van der Waals surface area contributed by atoms with Crippen LogP contribution < -0.4 is 32.2 Å². The zero-order chi connectivity index (χ0) is 39.2. The van der Waals surface area contributed by atoms with Crippen LogP contribution in [0.5, 0.6) is 0 Å². The predicted molar refractivity (Wildman–Crippen MR) is 177 cm³/mol. The Bertz CT molecular complexity index is 1740. The first kappa shape index (κ1) is 41.2. The number of fused-ring (bicyclic) bond motifs is 2. The summed E-state index contributed by atoms with van der Waals surface area (Å²) in [6.45, 7) is 0.469. The van der Waals surface area contributed by atoms with Crippen LogP contribution in [0, 0.1) is 5.92 Å². The standard InChI is InChI=1S/C32H37B2F5N4O10/c1-16(30(48)49)5-3-4-7-40-26(44)6-8-41-29(47)25(43-28(46)18-9-21(31(2,35)36)19-14-52-33(50)23(19)12-18)13-42-27(45)17-10-22(32(37,38)39)20-15-53-34(51)24(20)11-17/h9-12,16,25,50-51H,3-8,13-15H2,1-2H3,(H,40,44)(H,41,47)(H,42,45)(H,43,46)(H,48,49)/t16-,25-/m0/s1. The lowest BCUT2D eigenvalue weighted by Gasteiger charge is -2.21. The summed E-state index contributed by atoms with van der Waals surface area (Å²) >= 11 is 0. The highest BCUT2D eigenvalue weighted by Gasteiger charge is 2.41. The third kappa shape index (κ3) is 10.5. The normalized spacial score (nSPS) is 15.0. The molecule has 14 nitrogen and oxygen atoms in total. The van der Waals surface area contributed by atoms with Gasteiger partial charge in [-0.3, -0.25) is 24.0 Å². The summed E-state index contributed by atoms with van der Waals surface area (Å²) in [5.74, 6) is -8.61. The highest BCUT2D eigenvalue weighted by atomic mass is 19.4. The molecular formula is C32H37B2F5N4O10. The van der Waals surface area contributed by atoms with Gasteiger partial charge in [0.15, 0.2) is 0 Å². The highest BCUT2D eigenvalue weighted by molar-refractivity contribution is 6.62. The number of aliphatic carboxylic acids is 1. The van der Waals surface area contributed by atoms with Crippen molar-refractivity contribution < 1.29 is 70.4 Å². The van der Waals surface area contributed by atoms with E-state index in [0.29, 0.717) is 32.3 Å². The average molecular weight is 754 g/mol. The summed E-state index contributed by atoms with van der Waals surface area (Å²) in [6, 6.07) is 1.80. The molecule has 2 aromatic rings. The van der Waals surface area contributed by atoms with E-state index in [9.17, 15) is 56.0 Å². The van der Waals surface area contributed by atoms with Crippen molar-refractivity contribution in [2.24, 2.45) is 5.92 Å². The van der Waals surface area contributed by atoms with Crippen molar-refractivity contribution in [2.75, 3.05) is 19.6 Å². The number of unbranched alkanes of at least 4 members (excludes halogenated alkanes) is 1. The second kappa shape index (κ2) is 17.0. The number of carboxylic acids is 1. The van der Waals surface area contributed by atoms with Crippen LogP contribution in [-0.4, -0.2) is 84.7 Å². The molecule has 0 spiro atoms. The van der Waals surface area contributed by atoms with Gasteiger partial charge in [-0.2, -0.15) is 13.2 Å². The quantitative estimate of drug-likeness (QED) is 0.0708. The third-order valence-corrected chi connectivity index (χ3v) is 8.72. The minimum atomic E-state index is -4.92. The second-order valence-corrected chi connectivity index (χ2v) is 12.8. The van der Waals surface area contributed by atoms with Gasteiger partial charge in [-0.15, -0.1) is 0 Å². The first-order chi connectivity index (χ1) is 24.8. The Kier molecular flexibility index (Phi) is 13.2. The largest absolute Gasteiger partial charge is 0.491 e. The fraction of sp³-hybridized carbons (Fsp3) is 0.469. The molecule has 2 aromatic carbocycles. The van der Waals surface area contributed by atoms with Gasteiger partial charge in [0, 0.05) is 49.7 Å². The number of carbonyl (C=O) groups excluding carboxylic acids is 4. The smallest absolute Gasteiger partial charge is 0.481 e. The van der Waals surface area contributed by atoms with E-state index >= 15 is 0 Å². The van der Waals surface area contributed by atoms with Gasteiger partial charge in [0.25, 0.3) is 17.7 Å². The minimum absolute atomic E-state index is 0.0284. The maximum absolute atomic E-state index is 14.5. The lowest BCUT2D eigenvalue weighted by Crippen LogP contribution is -2.53. The van der Waals surface area contributed by atoms with Gasteiger partial charge in [0.1, 0.15) is 6.04 Å². The topological polar surface area (TPSA) is 213 Å². The van der Waals surface area contributed by atoms with Gasteiger partial charge in [-0.05, 0) is 59.2 Å². The summed E-state index contributed by atoms with van der Waals surface area (Å²) in [7, 11) is -3.35. The molecule has 0 unspecified atom stereocenters. The van der Waals surface area contributed by atoms with Crippen molar-refractivity contribution >= 4 is 54.8 Å². The molecule has 0 aromatic heterocycles. The molecule has 286 valence electrons. The number of hydrogen-bond donors (Lipinski definition) is 7. The van der Waals surface area contributed by atoms with E-state index in [2.05, 4.69) is 21.3 Å². The number of carboxylic acid groups (broad SMARTS) is 1. The number of rotatable bonds is 16. The van der Waals surface area contributed by atoms with Crippen LogP contribution in [0.3, 0.4) is 0 Å². The monoisotopic (exact) mass is 754 g/mol. The molecule has 2 aliphatic heterocycles. The van der Waals surface area contributed by atoms with Crippen LogP contribution in [0.2, 0.25) is 0 Å². The Morgan fingerprint density at radius 1 is 0.811 bits per heavy atom. The molecule has 0 aliphatic carbocycles. The van der Waals surface area contributed by atoms with Gasteiger partial charge < -0.3 is 45.7 Å². The molecule has 2 atom stereocenters. The number of hydrogen-bond acceptors (Lipinski definition) is 9. The van der Waals surface area contributed by atoms with E-state index in [1.807, 2.05) is 0 Å². The van der Waals surface area contributed by atoms with Crippen molar-refractivity contribution in [1.29, 1.82) is 0 Å². The molecule has 53 heavy (non-hydrogen) atoms. The summed E-state index contributed by atoms with van der Waals surface area (Å²) < 4.78 is 80.3. The molecule has 0 saturated heterocycles. The Balaban J connectivity index is 1.48. The molecule has 0 bridgehead atoms. The number of benzene rings is 2. The fourth-order valence-electron chi connectivity index (χ4n) is 5.75. The Hall–Kier alpha value is -4.59. The van der Waals surface area contributed by atoms with Gasteiger partial charge in [-0.1, -0.05) is 13.3 Å². The van der Waals surface area contributed by atoms with Crippen LogP contribution in [-0.2, 0) is 49.0 Å². The van der Waals surface area contributed by atoms with Gasteiger partial charge >= 0.3 is 26.4 Å². The summed E-state index contributed by atoms with van der Waals surface area (Å²) in [4.78, 5) is 63.0. The SMILES string of the molecule is C[C@@H](CCCCNC(=O)CCNC(=O)[C@H](CNC(=O)c1cc2c(c(C(F)(F)F)c1)COB2O)NC(=O)c1cc2c(c(C(C)(F)F)c1)COB2O)C(=O)O. The summed E-state index contributed by atoms with van der Waals surface area (Å²) in [6.07, 6.45) is -3.69. The Labute approximate surface area is 300 Å². The third-order valence-electron chi connectivity index (χ3n) is 8.72. The molecule has 0 saturated carbocycles. The number of halogens is 5. The predicted octanol–water partition coefficient (Wildman–Crippen LogP) is 0.294. The average Bonchev–Trinajstić information content (AvgIpc) is 3.65. The minimum Gasteiger partial charge on any atom is -0.481 e. The molecule has 2 heterocycles. The van der Waals surface area contributed by atoms with E-state index < -0.39 is 103 Å². The molecular weight excluding hydrogens is 717 g/mol. The van der Waals surface area contributed by atoms with Crippen LogP contribution in [0.15, 0.2) is 24.3 Å². The lowest BCUT2D eigenvalue weighted by molar-refractivity contribution is -0.141. The van der Waals surface area contributed by atoms with Crippen LogP contribution in [0.25, 0.3) is 0 Å². The van der Waals surface area contributed by atoms with Gasteiger partial charge in [0.2, 0.25) is 11.8 Å². The molecule has 7 N–H and O–H groups in total. The number of amides is 4. The molecule has 0 fully saturated rings. The van der Waals surface area contributed by atoms with E-state index in [4.69, 9.17) is 14.4 Å². The number of alkyl halides is 5. The van der Waals surface area contributed by atoms with Gasteiger partial charge in [0.05, 0.1) is 24.7 Å². The van der Waals surface area contributed by atoms with E-state index in [0.717, 1.165) is 18.2 Å². The van der Waals surface area contributed by atoms with Crippen molar-refractivity contribution in [3.8, 4) is 0 Å². The fourth-order valence-corrected chi connectivity index (χ4v) is 5.75. The summed E-state index contributed by atoms with van der Waals surface area (Å²) in [5.41, 5.74) is -3.57. The maximum atomic E-state index is 14.5. The second-order valence-electron chi connectivity index (χ2n) is 12.8. The van der Waals surface area contributed by atoms with E-state index in [-0.39, 0.29) is 48.2 Å². The summed E-state index contributed by atoms with van der Waals surface area (Å²) in [5, 5.41) is 38.7. The van der Waals surface area contributed by atoms with Crippen molar-refractivity contribution in [1.82, 2.24) is 21.3 Å². The molecule has 21 heteroatoms. The van der Waals surface area contributed by atoms with Crippen molar-refractivity contribution in [3.05, 3.63) is 57.6 Å². The number of nitrogens with one attached hydrogen (secondary N) is 4. The highest BCUT2D eigenvalue weighted by Crippen LogP contribution is 2.34. The number of carbonyl (C=O) groups is 5.